The van der Waals surface area contributed by atoms with Crippen molar-refractivity contribution in [2.45, 2.75) is 20.0 Å². The fraction of sp³-hybridized carbons (Fsp3) is 0.286. The molecule has 0 fully saturated rings. The first-order valence-electron chi connectivity index (χ1n) is 5.84. The highest BCUT2D eigenvalue weighted by atomic mass is 79.9. The number of anilines is 1. The average Bonchev–Trinajstić information content (AvgIpc) is 2.74. The fourth-order valence-corrected chi connectivity index (χ4v) is 3.51. The Morgan fingerprint density at radius 1 is 1.33 bits per heavy atom. The summed E-state index contributed by atoms with van der Waals surface area (Å²) >= 11 is 5.26. The zero-order valence-corrected chi connectivity index (χ0v) is 13.0. The van der Waals surface area contributed by atoms with E-state index in [4.69, 9.17) is 5.73 Å². The predicted octanol–water partition coefficient (Wildman–Crippen LogP) is 3.91. The molecule has 2 N–H and O–H groups in total. The molecule has 0 bridgehead atoms. The summed E-state index contributed by atoms with van der Waals surface area (Å²) in [6.07, 6.45) is 0. The second kappa shape index (κ2) is 5.87. The van der Waals surface area contributed by atoms with Crippen LogP contribution < -0.4 is 10.6 Å². The molecule has 0 spiro atoms. The molecule has 0 amide bonds. The number of halogens is 1. The van der Waals surface area contributed by atoms with Gasteiger partial charge in [0.25, 0.3) is 0 Å². The van der Waals surface area contributed by atoms with Crippen molar-refractivity contribution in [1.82, 2.24) is 0 Å². The van der Waals surface area contributed by atoms with Crippen LogP contribution in [0.4, 0.5) is 5.69 Å². The van der Waals surface area contributed by atoms with Crippen LogP contribution in [-0.4, -0.2) is 7.05 Å². The van der Waals surface area contributed by atoms with Gasteiger partial charge in [-0.05, 0) is 40.5 Å². The summed E-state index contributed by atoms with van der Waals surface area (Å²) in [6, 6.07) is 8.61. The van der Waals surface area contributed by atoms with Gasteiger partial charge in [0, 0.05) is 34.0 Å². The third-order valence-electron chi connectivity index (χ3n) is 2.88. The van der Waals surface area contributed by atoms with Crippen molar-refractivity contribution >= 4 is 33.0 Å². The van der Waals surface area contributed by atoms with Crippen LogP contribution in [0.15, 0.2) is 34.1 Å². The van der Waals surface area contributed by atoms with Crippen LogP contribution in [0.25, 0.3) is 0 Å². The lowest BCUT2D eigenvalue weighted by molar-refractivity contribution is 0.916. The molecule has 2 aromatic rings. The molecule has 1 heterocycles. The summed E-state index contributed by atoms with van der Waals surface area (Å²) in [7, 11) is 2.11. The molecule has 0 saturated heterocycles. The van der Waals surface area contributed by atoms with Crippen molar-refractivity contribution < 1.29 is 0 Å². The van der Waals surface area contributed by atoms with E-state index in [-0.39, 0.29) is 0 Å². The van der Waals surface area contributed by atoms with Crippen LogP contribution in [0.3, 0.4) is 0 Å². The van der Waals surface area contributed by atoms with Crippen molar-refractivity contribution in [2.75, 3.05) is 11.9 Å². The Morgan fingerprint density at radius 3 is 2.72 bits per heavy atom. The maximum absolute atomic E-state index is 5.82. The number of rotatable bonds is 4. The molecule has 0 atom stereocenters. The smallest absolute Gasteiger partial charge is 0.0520 e. The summed E-state index contributed by atoms with van der Waals surface area (Å²) in [5, 5.41) is 2.11. The number of thiophene rings is 1. The maximum atomic E-state index is 5.82. The van der Waals surface area contributed by atoms with Gasteiger partial charge in [-0.25, -0.2) is 0 Å². The molecule has 0 radical (unpaired) electrons. The van der Waals surface area contributed by atoms with Gasteiger partial charge in [0.15, 0.2) is 0 Å². The van der Waals surface area contributed by atoms with Crippen LogP contribution >= 0.6 is 27.3 Å². The molecule has 1 aromatic heterocycles. The highest BCUT2D eigenvalue weighted by molar-refractivity contribution is 9.10. The summed E-state index contributed by atoms with van der Waals surface area (Å²) in [4.78, 5) is 3.59. The van der Waals surface area contributed by atoms with Crippen molar-refractivity contribution in [2.24, 2.45) is 5.73 Å². The van der Waals surface area contributed by atoms with E-state index in [1.54, 1.807) is 11.3 Å². The molecule has 0 aliphatic carbocycles. The summed E-state index contributed by atoms with van der Waals surface area (Å²) in [5.74, 6) is 0. The second-order valence-corrected chi connectivity index (χ2v) is 6.34. The fourth-order valence-electron chi connectivity index (χ4n) is 2.01. The minimum absolute atomic E-state index is 0.579. The van der Waals surface area contributed by atoms with Gasteiger partial charge in [0.2, 0.25) is 0 Å². The number of nitrogens with zero attached hydrogens (tertiary/aromatic N) is 1. The summed E-state index contributed by atoms with van der Waals surface area (Å²) in [6.45, 7) is 3.58. The van der Waals surface area contributed by atoms with Gasteiger partial charge in [-0.3, -0.25) is 0 Å². The minimum atomic E-state index is 0.579. The second-order valence-electron chi connectivity index (χ2n) is 4.42. The molecule has 1 aromatic carbocycles. The zero-order chi connectivity index (χ0) is 13.1. The van der Waals surface area contributed by atoms with Gasteiger partial charge < -0.3 is 10.6 Å². The molecule has 96 valence electrons. The van der Waals surface area contributed by atoms with Crippen LogP contribution in [-0.2, 0) is 13.1 Å². The molecule has 0 aliphatic heterocycles. The van der Waals surface area contributed by atoms with Gasteiger partial charge in [-0.15, -0.1) is 11.3 Å². The largest absolute Gasteiger partial charge is 0.369 e. The Hall–Kier alpha value is -0.840. The van der Waals surface area contributed by atoms with Crippen molar-refractivity contribution in [1.29, 1.82) is 0 Å². The van der Waals surface area contributed by atoms with E-state index in [0.717, 1.165) is 11.0 Å². The normalized spacial score (nSPS) is 10.7. The van der Waals surface area contributed by atoms with Crippen molar-refractivity contribution in [3.8, 4) is 0 Å². The van der Waals surface area contributed by atoms with E-state index in [0.29, 0.717) is 6.54 Å². The van der Waals surface area contributed by atoms with Crippen LogP contribution in [0, 0.1) is 6.92 Å². The molecule has 0 saturated carbocycles. The SMILES string of the molecule is Cc1ccc(N(C)Cc2cc(Br)cs2)c(CN)c1. The first-order chi connectivity index (χ1) is 8.60. The molecule has 0 unspecified atom stereocenters. The Morgan fingerprint density at radius 2 is 2.11 bits per heavy atom. The Kier molecular flexibility index (Phi) is 4.43. The van der Waals surface area contributed by atoms with Crippen molar-refractivity contribution in [3.05, 3.63) is 50.1 Å². The van der Waals surface area contributed by atoms with E-state index in [1.807, 2.05) is 0 Å². The zero-order valence-electron chi connectivity index (χ0n) is 10.6. The molecular weight excluding hydrogens is 308 g/mol. The van der Waals surface area contributed by atoms with Crippen molar-refractivity contribution in [3.63, 3.8) is 0 Å². The topological polar surface area (TPSA) is 29.3 Å². The Bertz CT molecular complexity index is 536. The summed E-state index contributed by atoms with van der Waals surface area (Å²) < 4.78 is 1.15. The van der Waals surface area contributed by atoms with E-state index < -0.39 is 0 Å². The number of hydrogen-bond acceptors (Lipinski definition) is 3. The number of nitrogens with two attached hydrogens (primary N) is 1. The lowest BCUT2D eigenvalue weighted by atomic mass is 10.1. The molecule has 0 aliphatic rings. The molecule has 18 heavy (non-hydrogen) atoms. The standard InChI is InChI=1S/C14H17BrN2S/c1-10-3-4-14(11(5-10)7-16)17(2)8-13-6-12(15)9-18-13/h3-6,9H,7-8,16H2,1-2H3. The third kappa shape index (κ3) is 3.13. The lowest BCUT2D eigenvalue weighted by Crippen LogP contribution is -2.18. The first kappa shape index (κ1) is 13.6. The number of benzene rings is 1. The highest BCUT2D eigenvalue weighted by Gasteiger charge is 2.08. The predicted molar refractivity (Wildman–Crippen MR) is 83.2 cm³/mol. The van der Waals surface area contributed by atoms with Gasteiger partial charge >= 0.3 is 0 Å². The highest BCUT2D eigenvalue weighted by Crippen LogP contribution is 2.25. The van der Waals surface area contributed by atoms with Gasteiger partial charge in [0.1, 0.15) is 0 Å². The molecule has 2 rings (SSSR count). The van der Waals surface area contributed by atoms with E-state index in [2.05, 4.69) is 64.4 Å². The van der Waals surface area contributed by atoms with E-state index in [1.165, 1.54) is 21.7 Å². The van der Waals surface area contributed by atoms with E-state index >= 15 is 0 Å². The quantitative estimate of drug-likeness (QED) is 0.923. The maximum Gasteiger partial charge on any atom is 0.0520 e. The average molecular weight is 325 g/mol. The van der Waals surface area contributed by atoms with Gasteiger partial charge in [-0.1, -0.05) is 17.7 Å². The van der Waals surface area contributed by atoms with E-state index in [9.17, 15) is 0 Å². The minimum Gasteiger partial charge on any atom is -0.369 e. The monoisotopic (exact) mass is 324 g/mol. The lowest BCUT2D eigenvalue weighted by Gasteiger charge is -2.22. The third-order valence-corrected chi connectivity index (χ3v) is 4.56. The van der Waals surface area contributed by atoms with Crippen LogP contribution in [0.1, 0.15) is 16.0 Å². The number of hydrogen-bond donors (Lipinski definition) is 1. The molecular formula is C14H17BrN2S. The van der Waals surface area contributed by atoms with Crippen LogP contribution in [0.2, 0.25) is 0 Å². The van der Waals surface area contributed by atoms with Gasteiger partial charge in [-0.2, -0.15) is 0 Å². The first-order valence-corrected chi connectivity index (χ1v) is 7.51. The Labute approximate surface area is 121 Å². The molecule has 2 nitrogen and oxygen atoms in total. The Balaban J connectivity index is 2.20. The summed E-state index contributed by atoms with van der Waals surface area (Å²) in [5.41, 5.74) is 9.50. The number of aryl methyl sites for hydroxylation is 1. The van der Waals surface area contributed by atoms with Crippen LogP contribution in [0.5, 0.6) is 0 Å². The molecule has 4 heteroatoms. The van der Waals surface area contributed by atoms with Gasteiger partial charge in [0.05, 0.1) is 6.54 Å².